The minimum atomic E-state index is 1.11. The van der Waals surface area contributed by atoms with Gasteiger partial charge in [-0.1, -0.05) is 92.5 Å². The molecule has 0 amide bonds. The van der Waals surface area contributed by atoms with Crippen molar-refractivity contribution in [3.63, 3.8) is 0 Å². The fraction of sp³-hybridized carbons (Fsp3) is 0. The molecule has 4 rings (SSSR count). The number of hydrogen-bond acceptors (Lipinski definition) is 0. The van der Waals surface area contributed by atoms with Gasteiger partial charge in [-0.15, -0.1) is 0 Å². The summed E-state index contributed by atoms with van der Waals surface area (Å²) in [6, 6.07) is 29.8. The van der Waals surface area contributed by atoms with Crippen molar-refractivity contribution in [3.8, 4) is 22.3 Å². The Labute approximate surface area is 158 Å². The summed E-state index contributed by atoms with van der Waals surface area (Å²) in [6.07, 6.45) is 0. The first-order chi connectivity index (χ1) is 11.7. The molecule has 0 aromatic heterocycles. The van der Waals surface area contributed by atoms with Crippen molar-refractivity contribution >= 4 is 42.6 Å². The molecule has 0 aliphatic carbocycles. The second-order valence-electron chi connectivity index (χ2n) is 5.74. The van der Waals surface area contributed by atoms with Crippen LogP contribution >= 0.6 is 31.9 Å². The largest absolute Gasteiger partial charge is 0.0622 e. The lowest BCUT2D eigenvalue weighted by atomic mass is 9.98. The smallest absolute Gasteiger partial charge is 0.0260 e. The molecular formula is C22H14Br2. The van der Waals surface area contributed by atoms with Gasteiger partial charge in [-0.2, -0.15) is 0 Å². The third kappa shape index (κ3) is 2.92. The summed E-state index contributed by atoms with van der Waals surface area (Å²) in [5.41, 5.74) is 4.86. The molecule has 0 N–H and O–H groups in total. The van der Waals surface area contributed by atoms with Crippen LogP contribution in [0.4, 0.5) is 0 Å². The van der Waals surface area contributed by atoms with E-state index in [2.05, 4.69) is 105 Å². The molecule has 0 bridgehead atoms. The van der Waals surface area contributed by atoms with Gasteiger partial charge in [0.1, 0.15) is 0 Å². The van der Waals surface area contributed by atoms with Gasteiger partial charge in [0.25, 0.3) is 0 Å². The maximum atomic E-state index is 3.74. The molecule has 0 radical (unpaired) electrons. The van der Waals surface area contributed by atoms with E-state index < -0.39 is 0 Å². The third-order valence-corrected chi connectivity index (χ3v) is 5.49. The van der Waals surface area contributed by atoms with Crippen LogP contribution < -0.4 is 0 Å². The Bertz CT molecular complexity index is 921. The van der Waals surface area contributed by atoms with Gasteiger partial charge in [0.15, 0.2) is 0 Å². The highest BCUT2D eigenvalue weighted by molar-refractivity contribution is 9.11. The molecule has 2 heteroatoms. The van der Waals surface area contributed by atoms with Gasteiger partial charge in [0.05, 0.1) is 0 Å². The summed E-state index contributed by atoms with van der Waals surface area (Å²) in [5, 5.41) is 2.45. The van der Waals surface area contributed by atoms with E-state index in [1.807, 2.05) is 12.1 Å². The van der Waals surface area contributed by atoms with Crippen molar-refractivity contribution in [2.45, 2.75) is 0 Å². The molecule has 24 heavy (non-hydrogen) atoms. The van der Waals surface area contributed by atoms with E-state index in [0.29, 0.717) is 0 Å². The summed E-state index contributed by atoms with van der Waals surface area (Å²) < 4.78 is 2.23. The normalized spacial score (nSPS) is 10.9. The van der Waals surface area contributed by atoms with E-state index >= 15 is 0 Å². The Morgan fingerprint density at radius 1 is 0.458 bits per heavy atom. The van der Waals surface area contributed by atoms with Crippen molar-refractivity contribution in [1.29, 1.82) is 0 Å². The number of benzene rings is 4. The monoisotopic (exact) mass is 436 g/mol. The zero-order valence-corrected chi connectivity index (χ0v) is 16.0. The molecule has 4 aromatic rings. The Hall–Kier alpha value is -1.90. The average Bonchev–Trinajstić information content (AvgIpc) is 2.62. The second-order valence-corrected chi connectivity index (χ2v) is 7.45. The SMILES string of the molecule is Brc1cc2cc(-c3ccccc3)c(Br)cc2cc1-c1ccccc1. The zero-order chi connectivity index (χ0) is 16.5. The van der Waals surface area contributed by atoms with Gasteiger partial charge < -0.3 is 0 Å². The van der Waals surface area contributed by atoms with Crippen LogP contribution in [0.15, 0.2) is 93.9 Å². The van der Waals surface area contributed by atoms with Crippen LogP contribution in [-0.4, -0.2) is 0 Å². The van der Waals surface area contributed by atoms with E-state index in [0.717, 1.165) is 8.95 Å². The molecule has 0 saturated heterocycles. The van der Waals surface area contributed by atoms with Crippen molar-refractivity contribution in [1.82, 2.24) is 0 Å². The van der Waals surface area contributed by atoms with Crippen LogP contribution in [-0.2, 0) is 0 Å². The molecule has 0 fully saturated rings. The summed E-state index contributed by atoms with van der Waals surface area (Å²) in [4.78, 5) is 0. The minimum Gasteiger partial charge on any atom is -0.0622 e. The molecule has 116 valence electrons. The zero-order valence-electron chi connectivity index (χ0n) is 12.8. The lowest BCUT2D eigenvalue weighted by molar-refractivity contribution is 1.59. The predicted octanol–water partition coefficient (Wildman–Crippen LogP) is 7.70. The maximum Gasteiger partial charge on any atom is 0.0260 e. The summed E-state index contributed by atoms with van der Waals surface area (Å²) in [7, 11) is 0. The van der Waals surface area contributed by atoms with Crippen LogP contribution in [0.2, 0.25) is 0 Å². The van der Waals surface area contributed by atoms with E-state index in [1.54, 1.807) is 0 Å². The fourth-order valence-corrected chi connectivity index (χ4v) is 4.15. The van der Waals surface area contributed by atoms with Crippen molar-refractivity contribution in [2.24, 2.45) is 0 Å². The first-order valence-corrected chi connectivity index (χ1v) is 9.34. The highest BCUT2D eigenvalue weighted by atomic mass is 79.9. The van der Waals surface area contributed by atoms with Gasteiger partial charge in [0, 0.05) is 8.95 Å². The predicted molar refractivity (Wildman–Crippen MR) is 110 cm³/mol. The Morgan fingerprint density at radius 2 is 0.833 bits per heavy atom. The lowest BCUT2D eigenvalue weighted by Gasteiger charge is -2.11. The number of fused-ring (bicyclic) bond motifs is 1. The van der Waals surface area contributed by atoms with E-state index in [1.165, 1.54) is 33.0 Å². The average molecular weight is 438 g/mol. The Balaban J connectivity index is 1.91. The number of rotatable bonds is 2. The highest BCUT2D eigenvalue weighted by Crippen LogP contribution is 2.37. The molecule has 0 aliphatic rings. The molecule has 0 spiro atoms. The standard InChI is InChI=1S/C22H14Br2/c23-21-13-18-12-20(16-9-5-2-6-10-16)22(24)14-17(18)11-19(21)15-7-3-1-4-8-15/h1-14H. The minimum absolute atomic E-state index is 1.11. The molecule has 0 atom stereocenters. The molecule has 4 aromatic carbocycles. The van der Waals surface area contributed by atoms with Crippen LogP contribution in [0.1, 0.15) is 0 Å². The molecule has 0 saturated carbocycles. The van der Waals surface area contributed by atoms with E-state index in [4.69, 9.17) is 0 Å². The van der Waals surface area contributed by atoms with Gasteiger partial charge in [-0.3, -0.25) is 0 Å². The van der Waals surface area contributed by atoms with E-state index in [-0.39, 0.29) is 0 Å². The summed E-state index contributed by atoms with van der Waals surface area (Å²) in [6.45, 7) is 0. The second kappa shape index (κ2) is 6.54. The van der Waals surface area contributed by atoms with Gasteiger partial charge in [-0.05, 0) is 57.3 Å². The molecular weight excluding hydrogens is 424 g/mol. The summed E-state index contributed by atoms with van der Waals surface area (Å²) >= 11 is 7.48. The lowest BCUT2D eigenvalue weighted by Crippen LogP contribution is -1.85. The first kappa shape index (κ1) is 15.6. The maximum absolute atomic E-state index is 3.74. The number of halogens is 2. The van der Waals surface area contributed by atoms with Gasteiger partial charge >= 0.3 is 0 Å². The number of hydrogen-bond donors (Lipinski definition) is 0. The van der Waals surface area contributed by atoms with Crippen LogP contribution in [0, 0.1) is 0 Å². The van der Waals surface area contributed by atoms with Crippen molar-refractivity contribution in [3.05, 3.63) is 93.9 Å². The first-order valence-electron chi connectivity index (χ1n) is 7.76. The Kier molecular flexibility index (Phi) is 4.26. The third-order valence-electron chi connectivity index (χ3n) is 4.18. The molecule has 0 unspecified atom stereocenters. The van der Waals surface area contributed by atoms with Crippen LogP contribution in [0.25, 0.3) is 33.0 Å². The van der Waals surface area contributed by atoms with Crippen molar-refractivity contribution < 1.29 is 0 Å². The molecule has 0 nitrogen and oxygen atoms in total. The Morgan fingerprint density at radius 3 is 1.21 bits per heavy atom. The van der Waals surface area contributed by atoms with Crippen LogP contribution in [0.5, 0.6) is 0 Å². The summed E-state index contributed by atoms with van der Waals surface area (Å²) in [5.74, 6) is 0. The fourth-order valence-electron chi connectivity index (χ4n) is 2.97. The van der Waals surface area contributed by atoms with Gasteiger partial charge in [-0.25, -0.2) is 0 Å². The van der Waals surface area contributed by atoms with E-state index in [9.17, 15) is 0 Å². The molecule has 0 heterocycles. The van der Waals surface area contributed by atoms with Gasteiger partial charge in [0.2, 0.25) is 0 Å². The highest BCUT2D eigenvalue weighted by Gasteiger charge is 2.09. The molecule has 0 aliphatic heterocycles. The quantitative estimate of drug-likeness (QED) is 0.301. The topological polar surface area (TPSA) is 0 Å². The van der Waals surface area contributed by atoms with Crippen LogP contribution in [0.3, 0.4) is 0 Å². The van der Waals surface area contributed by atoms with Crippen molar-refractivity contribution in [2.75, 3.05) is 0 Å².